The standard InChI is InChI=1S/C20H20N2O3/c1-13-7-9-16(10-8-13)18-11-22(20(24)25-18)12-19(23)21-17-6-4-5-14(2)15(17)3/h4-11H,12H2,1-3H3,(H,21,23). The first-order valence-electron chi connectivity index (χ1n) is 8.07. The summed E-state index contributed by atoms with van der Waals surface area (Å²) in [5.41, 5.74) is 4.78. The topological polar surface area (TPSA) is 64.2 Å². The number of amides is 1. The molecule has 0 aliphatic rings. The Hall–Kier alpha value is -3.08. The van der Waals surface area contributed by atoms with Crippen molar-refractivity contribution in [3.63, 3.8) is 0 Å². The molecule has 1 aromatic heterocycles. The molecule has 3 aromatic rings. The van der Waals surface area contributed by atoms with Gasteiger partial charge in [0, 0.05) is 11.3 Å². The highest BCUT2D eigenvalue weighted by atomic mass is 16.4. The number of anilines is 1. The van der Waals surface area contributed by atoms with Crippen molar-refractivity contribution in [2.24, 2.45) is 0 Å². The zero-order valence-electron chi connectivity index (χ0n) is 14.5. The van der Waals surface area contributed by atoms with Crippen molar-refractivity contribution in [2.45, 2.75) is 27.3 Å². The van der Waals surface area contributed by atoms with E-state index in [9.17, 15) is 9.59 Å². The number of benzene rings is 2. The van der Waals surface area contributed by atoms with Crippen LogP contribution < -0.4 is 11.1 Å². The Bertz CT molecular complexity index is 965. The monoisotopic (exact) mass is 336 g/mol. The van der Waals surface area contributed by atoms with Gasteiger partial charge in [0.05, 0.1) is 6.20 Å². The van der Waals surface area contributed by atoms with E-state index in [4.69, 9.17) is 4.42 Å². The number of hydrogen-bond acceptors (Lipinski definition) is 3. The maximum Gasteiger partial charge on any atom is 0.419 e. The van der Waals surface area contributed by atoms with Crippen LogP contribution in [0.5, 0.6) is 0 Å². The molecule has 1 N–H and O–H groups in total. The molecule has 0 spiro atoms. The highest BCUT2D eigenvalue weighted by Crippen LogP contribution is 2.19. The van der Waals surface area contributed by atoms with Gasteiger partial charge in [-0.25, -0.2) is 4.79 Å². The van der Waals surface area contributed by atoms with E-state index < -0.39 is 5.76 Å². The molecule has 0 saturated carbocycles. The fourth-order valence-electron chi connectivity index (χ4n) is 2.57. The van der Waals surface area contributed by atoms with Crippen LogP contribution in [0.2, 0.25) is 0 Å². The third-order valence-corrected chi connectivity index (χ3v) is 4.23. The van der Waals surface area contributed by atoms with Crippen LogP contribution in [0.1, 0.15) is 16.7 Å². The first-order valence-corrected chi connectivity index (χ1v) is 8.07. The minimum Gasteiger partial charge on any atom is -0.408 e. The molecule has 0 radical (unpaired) electrons. The first-order chi connectivity index (χ1) is 11.9. The molecule has 1 amide bonds. The van der Waals surface area contributed by atoms with Crippen LogP contribution in [0.4, 0.5) is 5.69 Å². The number of nitrogens with one attached hydrogen (secondary N) is 1. The van der Waals surface area contributed by atoms with E-state index in [-0.39, 0.29) is 12.5 Å². The summed E-state index contributed by atoms with van der Waals surface area (Å²) in [5.74, 6) is -0.372. The molecule has 0 atom stereocenters. The second-order valence-corrected chi connectivity index (χ2v) is 6.15. The summed E-state index contributed by atoms with van der Waals surface area (Å²) in [6.45, 7) is 5.83. The maximum absolute atomic E-state index is 12.3. The van der Waals surface area contributed by atoms with Crippen molar-refractivity contribution in [2.75, 3.05) is 5.32 Å². The van der Waals surface area contributed by atoms with Crippen molar-refractivity contribution in [3.05, 3.63) is 75.9 Å². The zero-order valence-corrected chi connectivity index (χ0v) is 14.5. The van der Waals surface area contributed by atoms with Gasteiger partial charge in [0.25, 0.3) is 0 Å². The second kappa shape index (κ2) is 6.81. The Kier molecular flexibility index (Phi) is 4.57. The van der Waals surface area contributed by atoms with Gasteiger partial charge in [0.1, 0.15) is 6.54 Å². The average Bonchev–Trinajstić information content (AvgIpc) is 2.93. The maximum atomic E-state index is 12.3. The molecule has 128 valence electrons. The van der Waals surface area contributed by atoms with Crippen molar-refractivity contribution in [3.8, 4) is 11.3 Å². The molecular weight excluding hydrogens is 316 g/mol. The van der Waals surface area contributed by atoms with Crippen molar-refractivity contribution >= 4 is 11.6 Å². The lowest BCUT2D eigenvalue weighted by molar-refractivity contribution is -0.116. The SMILES string of the molecule is Cc1ccc(-c2cn(CC(=O)Nc3cccc(C)c3C)c(=O)o2)cc1. The molecule has 0 bridgehead atoms. The van der Waals surface area contributed by atoms with Crippen LogP contribution in [-0.4, -0.2) is 10.5 Å². The summed E-state index contributed by atoms with van der Waals surface area (Å²) in [4.78, 5) is 24.3. The molecule has 1 heterocycles. The number of rotatable bonds is 4. The van der Waals surface area contributed by atoms with Crippen LogP contribution >= 0.6 is 0 Å². The first kappa shape index (κ1) is 16.8. The molecule has 25 heavy (non-hydrogen) atoms. The van der Waals surface area contributed by atoms with Crippen LogP contribution in [0.25, 0.3) is 11.3 Å². The summed E-state index contributed by atoms with van der Waals surface area (Å²) >= 11 is 0. The number of hydrogen-bond donors (Lipinski definition) is 1. The van der Waals surface area contributed by atoms with Crippen LogP contribution in [0.15, 0.2) is 57.9 Å². The van der Waals surface area contributed by atoms with E-state index in [0.29, 0.717) is 5.76 Å². The van der Waals surface area contributed by atoms with E-state index in [0.717, 1.165) is 27.9 Å². The van der Waals surface area contributed by atoms with Crippen molar-refractivity contribution in [1.82, 2.24) is 4.57 Å². The van der Waals surface area contributed by atoms with E-state index in [2.05, 4.69) is 5.32 Å². The number of oxazole rings is 1. The van der Waals surface area contributed by atoms with Crippen molar-refractivity contribution < 1.29 is 9.21 Å². The number of aryl methyl sites for hydroxylation is 2. The number of nitrogens with zero attached hydrogens (tertiary/aromatic N) is 1. The second-order valence-electron chi connectivity index (χ2n) is 6.15. The molecule has 0 aliphatic carbocycles. The Labute approximate surface area is 145 Å². The predicted molar refractivity (Wildman–Crippen MR) is 97.7 cm³/mol. The van der Waals surface area contributed by atoms with Gasteiger partial charge in [-0.2, -0.15) is 0 Å². The van der Waals surface area contributed by atoms with Gasteiger partial charge in [-0.05, 0) is 38.0 Å². The third kappa shape index (κ3) is 3.71. The lowest BCUT2D eigenvalue weighted by Crippen LogP contribution is -2.24. The number of aromatic nitrogens is 1. The van der Waals surface area contributed by atoms with Gasteiger partial charge in [0.15, 0.2) is 5.76 Å². The fraction of sp³-hybridized carbons (Fsp3) is 0.200. The molecule has 0 unspecified atom stereocenters. The molecular formula is C20H20N2O3. The van der Waals surface area contributed by atoms with E-state index in [1.54, 1.807) is 6.20 Å². The predicted octanol–water partition coefficient (Wildman–Crippen LogP) is 3.67. The van der Waals surface area contributed by atoms with Crippen LogP contribution in [-0.2, 0) is 11.3 Å². The third-order valence-electron chi connectivity index (χ3n) is 4.23. The van der Waals surface area contributed by atoms with Crippen LogP contribution in [0.3, 0.4) is 0 Å². The van der Waals surface area contributed by atoms with Crippen LogP contribution in [0, 0.1) is 20.8 Å². The number of carbonyl (C=O) groups is 1. The van der Waals surface area contributed by atoms with Crippen molar-refractivity contribution in [1.29, 1.82) is 0 Å². The minimum atomic E-state index is -0.549. The summed E-state index contributed by atoms with van der Waals surface area (Å²) < 4.78 is 6.54. The Morgan fingerprint density at radius 3 is 2.52 bits per heavy atom. The van der Waals surface area contributed by atoms with Gasteiger partial charge in [0.2, 0.25) is 5.91 Å². The summed E-state index contributed by atoms with van der Waals surface area (Å²) in [6.07, 6.45) is 1.57. The zero-order chi connectivity index (χ0) is 18.0. The molecule has 0 aliphatic heterocycles. The molecule has 2 aromatic carbocycles. The van der Waals surface area contributed by atoms with E-state index in [1.165, 1.54) is 4.57 Å². The molecule has 5 nitrogen and oxygen atoms in total. The fourth-order valence-corrected chi connectivity index (χ4v) is 2.57. The Balaban J connectivity index is 1.77. The quantitative estimate of drug-likeness (QED) is 0.790. The molecule has 0 saturated heterocycles. The summed E-state index contributed by atoms with van der Waals surface area (Å²) in [5, 5.41) is 2.84. The lowest BCUT2D eigenvalue weighted by atomic mass is 10.1. The van der Waals surface area contributed by atoms with Gasteiger partial charge < -0.3 is 9.73 Å². The summed E-state index contributed by atoms with van der Waals surface area (Å²) in [7, 11) is 0. The van der Waals surface area contributed by atoms with Gasteiger partial charge >= 0.3 is 5.76 Å². The van der Waals surface area contributed by atoms with Gasteiger partial charge in [-0.3, -0.25) is 9.36 Å². The van der Waals surface area contributed by atoms with Gasteiger partial charge in [-0.15, -0.1) is 0 Å². The molecule has 0 fully saturated rings. The normalized spacial score (nSPS) is 10.7. The lowest BCUT2D eigenvalue weighted by Gasteiger charge is -2.10. The van der Waals surface area contributed by atoms with E-state index in [1.807, 2.05) is 63.2 Å². The minimum absolute atomic E-state index is 0.0957. The Morgan fingerprint density at radius 2 is 1.80 bits per heavy atom. The van der Waals surface area contributed by atoms with Gasteiger partial charge in [-0.1, -0.05) is 42.0 Å². The summed E-state index contributed by atoms with van der Waals surface area (Å²) in [6, 6.07) is 13.4. The molecule has 5 heteroatoms. The van der Waals surface area contributed by atoms with E-state index >= 15 is 0 Å². The smallest absolute Gasteiger partial charge is 0.408 e. The largest absolute Gasteiger partial charge is 0.419 e. The number of carbonyl (C=O) groups excluding carboxylic acids is 1. The average molecular weight is 336 g/mol. The Morgan fingerprint density at radius 1 is 1.08 bits per heavy atom. The highest BCUT2D eigenvalue weighted by Gasteiger charge is 2.12. The highest BCUT2D eigenvalue weighted by molar-refractivity contribution is 5.91. The molecule has 3 rings (SSSR count).